The van der Waals surface area contributed by atoms with E-state index in [2.05, 4.69) is 22.5 Å². The van der Waals surface area contributed by atoms with Crippen LogP contribution in [0.25, 0.3) is 0 Å². The van der Waals surface area contributed by atoms with Crippen LogP contribution in [0.5, 0.6) is 0 Å². The summed E-state index contributed by atoms with van der Waals surface area (Å²) in [6.07, 6.45) is 2.22. The maximum atomic E-state index is 10.6. The SMILES string of the molecule is CCCCNc1ccccc1/N=N/c1ccc([N+](=O)[O-])cc1. The lowest BCUT2D eigenvalue weighted by Crippen LogP contribution is -2.00. The number of nitrogens with one attached hydrogen (secondary N) is 1. The molecule has 0 bridgehead atoms. The van der Waals surface area contributed by atoms with Crippen molar-refractivity contribution in [3.8, 4) is 0 Å². The molecule has 0 fully saturated rings. The van der Waals surface area contributed by atoms with E-state index in [1.165, 1.54) is 12.1 Å². The fraction of sp³-hybridized carbons (Fsp3) is 0.250. The Bertz CT molecular complexity index is 653. The number of azo groups is 1. The van der Waals surface area contributed by atoms with Crippen LogP contribution in [0.1, 0.15) is 19.8 Å². The fourth-order valence-corrected chi connectivity index (χ4v) is 1.86. The number of para-hydroxylation sites is 1. The highest BCUT2D eigenvalue weighted by atomic mass is 16.6. The smallest absolute Gasteiger partial charge is 0.269 e. The molecule has 6 heteroatoms. The molecular weight excluding hydrogens is 280 g/mol. The summed E-state index contributed by atoms with van der Waals surface area (Å²) < 4.78 is 0. The van der Waals surface area contributed by atoms with Crippen LogP contribution in [0.3, 0.4) is 0 Å². The van der Waals surface area contributed by atoms with E-state index in [4.69, 9.17) is 0 Å². The van der Waals surface area contributed by atoms with Crippen molar-refractivity contribution in [3.63, 3.8) is 0 Å². The second kappa shape index (κ2) is 7.87. The first-order valence-electron chi connectivity index (χ1n) is 7.20. The van der Waals surface area contributed by atoms with Crippen molar-refractivity contribution < 1.29 is 4.92 Å². The molecule has 1 N–H and O–H groups in total. The van der Waals surface area contributed by atoms with Crippen LogP contribution in [-0.2, 0) is 0 Å². The third-order valence-electron chi connectivity index (χ3n) is 3.08. The molecule has 0 radical (unpaired) electrons. The first-order valence-corrected chi connectivity index (χ1v) is 7.20. The number of nitrogens with zero attached hydrogens (tertiary/aromatic N) is 3. The normalized spacial score (nSPS) is 10.8. The molecule has 2 rings (SSSR count). The Balaban J connectivity index is 2.10. The number of nitro benzene ring substituents is 1. The maximum Gasteiger partial charge on any atom is 0.269 e. The van der Waals surface area contributed by atoms with Crippen LogP contribution in [0.2, 0.25) is 0 Å². The Hall–Kier alpha value is -2.76. The Kier molecular flexibility index (Phi) is 5.59. The van der Waals surface area contributed by atoms with E-state index in [-0.39, 0.29) is 5.69 Å². The van der Waals surface area contributed by atoms with E-state index in [0.717, 1.165) is 30.8 Å². The Morgan fingerprint density at radius 2 is 1.82 bits per heavy atom. The molecule has 0 atom stereocenters. The molecular formula is C16H18N4O2. The van der Waals surface area contributed by atoms with E-state index in [9.17, 15) is 10.1 Å². The highest BCUT2D eigenvalue weighted by Gasteiger charge is 2.04. The monoisotopic (exact) mass is 298 g/mol. The van der Waals surface area contributed by atoms with Crippen molar-refractivity contribution in [1.82, 2.24) is 0 Å². The van der Waals surface area contributed by atoms with Crippen molar-refractivity contribution in [1.29, 1.82) is 0 Å². The van der Waals surface area contributed by atoms with Crippen LogP contribution >= 0.6 is 0 Å². The van der Waals surface area contributed by atoms with Gasteiger partial charge in [-0.15, -0.1) is 5.11 Å². The van der Waals surface area contributed by atoms with Gasteiger partial charge in [-0.25, -0.2) is 0 Å². The van der Waals surface area contributed by atoms with Crippen molar-refractivity contribution in [2.24, 2.45) is 10.2 Å². The van der Waals surface area contributed by atoms with Gasteiger partial charge >= 0.3 is 0 Å². The number of unbranched alkanes of at least 4 members (excludes halogenated alkanes) is 1. The zero-order valence-corrected chi connectivity index (χ0v) is 12.4. The second-order valence-corrected chi connectivity index (χ2v) is 4.77. The summed E-state index contributed by atoms with van der Waals surface area (Å²) >= 11 is 0. The zero-order chi connectivity index (χ0) is 15.8. The molecule has 2 aromatic rings. The number of anilines is 1. The molecule has 0 amide bonds. The number of hydrogen-bond donors (Lipinski definition) is 1. The van der Waals surface area contributed by atoms with Gasteiger partial charge in [0.2, 0.25) is 0 Å². The largest absolute Gasteiger partial charge is 0.383 e. The summed E-state index contributed by atoms with van der Waals surface area (Å²) in [4.78, 5) is 10.2. The highest BCUT2D eigenvalue weighted by molar-refractivity contribution is 5.65. The van der Waals surface area contributed by atoms with Gasteiger partial charge in [0.1, 0.15) is 5.69 Å². The Morgan fingerprint density at radius 3 is 2.50 bits per heavy atom. The van der Waals surface area contributed by atoms with Crippen LogP contribution in [0.15, 0.2) is 58.8 Å². The molecule has 0 saturated carbocycles. The summed E-state index contributed by atoms with van der Waals surface area (Å²) in [6, 6.07) is 13.7. The van der Waals surface area contributed by atoms with Crippen molar-refractivity contribution >= 4 is 22.7 Å². The molecule has 0 saturated heterocycles. The number of non-ortho nitro benzene ring substituents is 1. The summed E-state index contributed by atoms with van der Waals surface area (Å²) in [5.41, 5.74) is 2.30. The third kappa shape index (κ3) is 4.37. The van der Waals surface area contributed by atoms with Gasteiger partial charge in [-0.3, -0.25) is 10.1 Å². The molecule has 0 spiro atoms. The van der Waals surface area contributed by atoms with Gasteiger partial charge < -0.3 is 5.32 Å². The number of benzene rings is 2. The zero-order valence-electron chi connectivity index (χ0n) is 12.4. The minimum absolute atomic E-state index is 0.0422. The van der Waals surface area contributed by atoms with Crippen molar-refractivity contribution in [2.45, 2.75) is 19.8 Å². The van der Waals surface area contributed by atoms with Gasteiger partial charge in [-0.2, -0.15) is 5.11 Å². The molecule has 2 aromatic carbocycles. The minimum atomic E-state index is -0.437. The number of nitro groups is 1. The van der Waals surface area contributed by atoms with Crippen molar-refractivity contribution in [2.75, 3.05) is 11.9 Å². The average Bonchev–Trinajstić information content (AvgIpc) is 2.54. The quantitative estimate of drug-likeness (QED) is 0.329. The third-order valence-corrected chi connectivity index (χ3v) is 3.08. The first-order chi connectivity index (χ1) is 10.7. The van der Waals surface area contributed by atoms with E-state index >= 15 is 0 Å². The number of rotatable bonds is 7. The summed E-state index contributed by atoms with van der Waals surface area (Å²) in [5.74, 6) is 0. The second-order valence-electron chi connectivity index (χ2n) is 4.77. The summed E-state index contributed by atoms with van der Waals surface area (Å²) in [6.45, 7) is 3.03. The van der Waals surface area contributed by atoms with Gasteiger partial charge in [-0.1, -0.05) is 25.5 Å². The molecule has 22 heavy (non-hydrogen) atoms. The van der Waals surface area contributed by atoms with Crippen LogP contribution in [0.4, 0.5) is 22.7 Å². The molecule has 0 aromatic heterocycles. The molecule has 0 aliphatic carbocycles. The van der Waals surface area contributed by atoms with Crippen LogP contribution in [-0.4, -0.2) is 11.5 Å². The predicted molar refractivity (Wildman–Crippen MR) is 87.1 cm³/mol. The number of hydrogen-bond acceptors (Lipinski definition) is 5. The molecule has 0 aliphatic heterocycles. The van der Waals surface area contributed by atoms with E-state index < -0.39 is 4.92 Å². The highest BCUT2D eigenvalue weighted by Crippen LogP contribution is 2.27. The van der Waals surface area contributed by atoms with Crippen molar-refractivity contribution in [3.05, 3.63) is 58.6 Å². The van der Waals surface area contributed by atoms with Gasteiger partial charge in [0.25, 0.3) is 5.69 Å². The molecule has 6 nitrogen and oxygen atoms in total. The average molecular weight is 298 g/mol. The lowest BCUT2D eigenvalue weighted by atomic mass is 10.2. The fourth-order valence-electron chi connectivity index (χ4n) is 1.86. The van der Waals surface area contributed by atoms with Gasteiger partial charge in [-0.05, 0) is 30.7 Å². The van der Waals surface area contributed by atoms with Gasteiger partial charge in [0.05, 0.1) is 16.3 Å². The van der Waals surface area contributed by atoms with Crippen LogP contribution < -0.4 is 5.32 Å². The lowest BCUT2D eigenvalue weighted by Gasteiger charge is -2.07. The topological polar surface area (TPSA) is 79.9 Å². The molecule has 114 valence electrons. The minimum Gasteiger partial charge on any atom is -0.383 e. The summed E-state index contributed by atoms with van der Waals surface area (Å²) in [5, 5.41) is 22.3. The Morgan fingerprint density at radius 1 is 1.09 bits per heavy atom. The molecule has 0 aliphatic rings. The Labute approximate surface area is 129 Å². The predicted octanol–water partition coefficient (Wildman–Crippen LogP) is 5.22. The van der Waals surface area contributed by atoms with Gasteiger partial charge in [0, 0.05) is 18.7 Å². The van der Waals surface area contributed by atoms with E-state index in [1.54, 1.807) is 12.1 Å². The van der Waals surface area contributed by atoms with Crippen LogP contribution in [0, 0.1) is 10.1 Å². The first kappa shape index (κ1) is 15.6. The molecule has 0 heterocycles. The standard InChI is InChI=1S/C16H18N4O2/c1-2-3-12-17-15-6-4-5-7-16(15)19-18-13-8-10-14(11-9-13)20(21)22/h4-11,17H,2-3,12H2,1H3/b19-18+. The molecule has 0 unspecified atom stereocenters. The van der Waals surface area contributed by atoms with E-state index in [1.807, 2.05) is 24.3 Å². The van der Waals surface area contributed by atoms with E-state index in [0.29, 0.717) is 5.69 Å². The lowest BCUT2D eigenvalue weighted by molar-refractivity contribution is -0.384. The van der Waals surface area contributed by atoms with Gasteiger partial charge in [0.15, 0.2) is 0 Å². The maximum absolute atomic E-state index is 10.6. The summed E-state index contributed by atoms with van der Waals surface area (Å²) in [7, 11) is 0.